The summed E-state index contributed by atoms with van der Waals surface area (Å²) < 4.78 is 5.86. The minimum atomic E-state index is -0.855. The topological polar surface area (TPSA) is 46.5 Å². The van der Waals surface area contributed by atoms with Crippen molar-refractivity contribution in [3.63, 3.8) is 0 Å². The van der Waals surface area contributed by atoms with Gasteiger partial charge >= 0.3 is 5.97 Å². The second-order valence-electron chi connectivity index (χ2n) is 7.90. The van der Waals surface area contributed by atoms with Gasteiger partial charge in [0.25, 0.3) is 0 Å². The second-order valence-corrected chi connectivity index (χ2v) is 7.90. The van der Waals surface area contributed by atoms with Gasteiger partial charge in [0.2, 0.25) is 0 Å². The molecule has 0 heterocycles. The van der Waals surface area contributed by atoms with E-state index >= 15 is 0 Å². The fraction of sp³-hybridized carbons (Fsp3) is 0.833. The Morgan fingerprint density at radius 1 is 1.24 bits per heavy atom. The maximum atomic E-state index is 10.8. The van der Waals surface area contributed by atoms with Gasteiger partial charge < -0.3 is 9.84 Å². The van der Waals surface area contributed by atoms with Crippen molar-refractivity contribution in [1.82, 2.24) is 0 Å². The third kappa shape index (κ3) is 3.33. The van der Waals surface area contributed by atoms with E-state index in [-0.39, 0.29) is 6.10 Å². The minimum absolute atomic E-state index is 0.102. The molecule has 1 unspecified atom stereocenters. The van der Waals surface area contributed by atoms with Crippen molar-refractivity contribution in [3.8, 4) is 0 Å². The summed E-state index contributed by atoms with van der Waals surface area (Å²) in [6.45, 7) is 4.34. The van der Waals surface area contributed by atoms with Gasteiger partial charge in [-0.25, -0.2) is 4.79 Å². The largest absolute Gasteiger partial charge is 0.478 e. The Balaban J connectivity index is 1.49. The van der Waals surface area contributed by atoms with Crippen LogP contribution in [0, 0.1) is 23.2 Å². The molecule has 0 aliphatic heterocycles. The van der Waals surface area contributed by atoms with Crippen LogP contribution in [0.25, 0.3) is 0 Å². The number of carbonyl (C=O) groups is 1. The highest BCUT2D eigenvalue weighted by atomic mass is 16.5. The highest BCUT2D eigenvalue weighted by Crippen LogP contribution is 2.61. The summed E-state index contributed by atoms with van der Waals surface area (Å²) in [5.41, 5.74) is 0.928. The van der Waals surface area contributed by atoms with Crippen molar-refractivity contribution in [2.45, 2.75) is 64.9 Å². The molecule has 0 radical (unpaired) electrons. The highest BCUT2D eigenvalue weighted by molar-refractivity contribution is 5.85. The van der Waals surface area contributed by atoms with Crippen LogP contribution in [0.4, 0.5) is 0 Å². The van der Waals surface area contributed by atoms with Crippen LogP contribution in [0.1, 0.15) is 58.8 Å². The summed E-state index contributed by atoms with van der Waals surface area (Å²) in [6.07, 6.45) is 11.5. The normalized spacial score (nSPS) is 39.5. The lowest BCUT2D eigenvalue weighted by molar-refractivity contribution is -0.132. The Morgan fingerprint density at radius 3 is 2.24 bits per heavy atom. The van der Waals surface area contributed by atoms with E-state index in [1.165, 1.54) is 44.9 Å². The Labute approximate surface area is 127 Å². The van der Waals surface area contributed by atoms with E-state index in [1.54, 1.807) is 13.0 Å². The lowest BCUT2D eigenvalue weighted by atomic mass is 9.49. The van der Waals surface area contributed by atoms with E-state index in [4.69, 9.17) is 9.84 Å². The maximum absolute atomic E-state index is 10.8. The first-order valence-electron chi connectivity index (χ1n) is 8.49. The van der Waals surface area contributed by atoms with Crippen LogP contribution in [-0.4, -0.2) is 23.8 Å². The van der Waals surface area contributed by atoms with Crippen LogP contribution in [0.3, 0.4) is 0 Å². The zero-order valence-electron chi connectivity index (χ0n) is 13.3. The van der Waals surface area contributed by atoms with Crippen LogP contribution in [0.2, 0.25) is 0 Å². The summed E-state index contributed by atoms with van der Waals surface area (Å²) in [6, 6.07) is 0. The summed E-state index contributed by atoms with van der Waals surface area (Å²) in [7, 11) is 0. The molecule has 4 aliphatic carbocycles. The molecule has 0 aromatic carbocycles. The first-order valence-corrected chi connectivity index (χ1v) is 8.49. The Morgan fingerprint density at radius 2 is 1.76 bits per heavy atom. The van der Waals surface area contributed by atoms with Gasteiger partial charge in [-0.05, 0) is 88.0 Å². The summed E-state index contributed by atoms with van der Waals surface area (Å²) in [4.78, 5) is 10.8. The van der Waals surface area contributed by atoms with Crippen molar-refractivity contribution < 1.29 is 14.6 Å². The van der Waals surface area contributed by atoms with Gasteiger partial charge in [0.15, 0.2) is 0 Å². The molecule has 3 nitrogen and oxygen atoms in total. The number of hydrogen-bond acceptors (Lipinski definition) is 2. The van der Waals surface area contributed by atoms with Crippen molar-refractivity contribution in [2.24, 2.45) is 23.2 Å². The predicted molar refractivity (Wildman–Crippen MR) is 82.0 cm³/mol. The van der Waals surface area contributed by atoms with Crippen molar-refractivity contribution in [1.29, 1.82) is 0 Å². The standard InChI is InChI=1S/C18H28O3/c1-12(17(19)20)5-13(2)21-4-3-18-9-14-6-15(10-18)8-16(7-14)11-18/h5,13-16H,3-4,6-11H2,1-2H3,(H,19,20)/b12-5+. The predicted octanol–water partition coefficient (Wildman–Crippen LogP) is 4.03. The summed E-state index contributed by atoms with van der Waals surface area (Å²) >= 11 is 0. The van der Waals surface area contributed by atoms with Gasteiger partial charge in [-0.1, -0.05) is 0 Å². The zero-order valence-corrected chi connectivity index (χ0v) is 13.3. The Hall–Kier alpha value is -0.830. The van der Waals surface area contributed by atoms with Gasteiger partial charge in [-0.3, -0.25) is 0 Å². The molecule has 118 valence electrons. The number of hydrogen-bond donors (Lipinski definition) is 1. The monoisotopic (exact) mass is 292 g/mol. The SMILES string of the molecule is C/C(=C\C(C)OCCC12CC3CC(CC(C3)C1)C2)C(=O)O. The lowest BCUT2D eigenvalue weighted by Gasteiger charge is -2.57. The molecule has 4 bridgehead atoms. The molecule has 4 fully saturated rings. The first-order chi connectivity index (χ1) is 9.96. The molecule has 4 saturated carbocycles. The Bertz CT molecular complexity index is 402. The van der Waals surface area contributed by atoms with E-state index < -0.39 is 5.97 Å². The zero-order chi connectivity index (χ0) is 15.0. The average molecular weight is 292 g/mol. The molecule has 1 N–H and O–H groups in total. The second kappa shape index (κ2) is 5.75. The van der Waals surface area contributed by atoms with Crippen LogP contribution < -0.4 is 0 Å². The fourth-order valence-corrected chi connectivity index (χ4v) is 5.53. The minimum Gasteiger partial charge on any atom is -0.478 e. The number of carboxylic acid groups (broad SMARTS) is 1. The van der Waals surface area contributed by atoms with Gasteiger partial charge in [0.1, 0.15) is 0 Å². The molecule has 4 aliphatic rings. The molecule has 0 aromatic rings. The molecular weight excluding hydrogens is 264 g/mol. The van der Waals surface area contributed by atoms with Crippen LogP contribution in [-0.2, 0) is 9.53 Å². The van der Waals surface area contributed by atoms with Crippen LogP contribution in [0.15, 0.2) is 11.6 Å². The van der Waals surface area contributed by atoms with E-state index in [0.29, 0.717) is 11.0 Å². The number of aliphatic carboxylic acids is 1. The molecular formula is C18H28O3. The third-order valence-corrected chi connectivity index (χ3v) is 6.00. The molecule has 0 saturated heterocycles. The number of ether oxygens (including phenoxy) is 1. The van der Waals surface area contributed by atoms with Crippen molar-refractivity contribution >= 4 is 5.97 Å². The molecule has 0 amide bonds. The van der Waals surface area contributed by atoms with E-state index in [1.807, 2.05) is 6.92 Å². The van der Waals surface area contributed by atoms with Gasteiger partial charge in [0.05, 0.1) is 6.10 Å². The smallest absolute Gasteiger partial charge is 0.331 e. The quantitative estimate of drug-likeness (QED) is 0.752. The average Bonchev–Trinajstić information content (AvgIpc) is 2.36. The van der Waals surface area contributed by atoms with Crippen molar-refractivity contribution in [2.75, 3.05) is 6.61 Å². The maximum Gasteiger partial charge on any atom is 0.331 e. The van der Waals surface area contributed by atoms with Gasteiger partial charge in [0, 0.05) is 12.2 Å². The molecule has 0 spiro atoms. The summed E-state index contributed by atoms with van der Waals surface area (Å²) in [5.74, 6) is 2.11. The molecule has 3 heteroatoms. The highest BCUT2D eigenvalue weighted by Gasteiger charge is 2.50. The van der Waals surface area contributed by atoms with Crippen molar-refractivity contribution in [3.05, 3.63) is 11.6 Å². The lowest BCUT2D eigenvalue weighted by Crippen LogP contribution is -2.46. The fourth-order valence-electron chi connectivity index (χ4n) is 5.53. The number of rotatable bonds is 6. The van der Waals surface area contributed by atoms with E-state index in [0.717, 1.165) is 24.4 Å². The van der Waals surface area contributed by atoms with Gasteiger partial charge in [-0.15, -0.1) is 0 Å². The first kappa shape index (κ1) is 15.1. The Kier molecular flexibility index (Phi) is 4.13. The van der Waals surface area contributed by atoms with E-state index in [9.17, 15) is 4.79 Å². The third-order valence-electron chi connectivity index (χ3n) is 6.00. The molecule has 1 atom stereocenters. The molecule has 0 aromatic heterocycles. The van der Waals surface area contributed by atoms with Crippen LogP contribution >= 0.6 is 0 Å². The molecule has 21 heavy (non-hydrogen) atoms. The molecule has 4 rings (SSSR count). The van der Waals surface area contributed by atoms with Gasteiger partial charge in [-0.2, -0.15) is 0 Å². The van der Waals surface area contributed by atoms with E-state index in [2.05, 4.69) is 0 Å². The summed E-state index contributed by atoms with van der Waals surface area (Å²) in [5, 5.41) is 8.89. The number of carboxylic acids is 1. The van der Waals surface area contributed by atoms with Crippen LogP contribution in [0.5, 0.6) is 0 Å².